The Hall–Kier alpha value is 1.03. The van der Waals surface area contributed by atoms with E-state index in [0.29, 0.717) is 13.2 Å². The van der Waals surface area contributed by atoms with E-state index >= 15 is 0 Å². The van der Waals surface area contributed by atoms with Crippen molar-refractivity contribution < 1.29 is 57.5 Å². The fraction of sp³-hybridized carbons (Fsp3) is 1.00. The van der Waals surface area contributed by atoms with Gasteiger partial charge in [0.1, 0.15) is 0 Å². The smallest absolute Gasteiger partial charge is 0.756 e. The number of unbranched alkanes of at least 4 members (excludes halogenated alkanes) is 18. The predicted molar refractivity (Wildman–Crippen MR) is 145 cm³/mol. The molecule has 0 rings (SSSR count). The van der Waals surface area contributed by atoms with Gasteiger partial charge in [-0.3, -0.25) is 4.57 Å². The first-order valence-electron chi connectivity index (χ1n) is 14.9. The minimum atomic E-state index is -4.27. The summed E-state index contributed by atoms with van der Waals surface area (Å²) in [6.07, 6.45) is 25.7. The Morgan fingerprint density at radius 1 is 0.444 bits per heavy atom. The average molecular weight is 545 g/mol. The van der Waals surface area contributed by atoms with Crippen LogP contribution in [0.3, 0.4) is 0 Å². The van der Waals surface area contributed by atoms with Gasteiger partial charge in [0.15, 0.2) is 0 Å². The van der Waals surface area contributed by atoms with Gasteiger partial charge in [0.25, 0.3) is 7.82 Å². The Morgan fingerprint density at radius 2 is 0.722 bits per heavy atom. The molecule has 0 aromatic heterocycles. The van der Waals surface area contributed by atoms with Crippen LogP contribution in [0.2, 0.25) is 0 Å². The van der Waals surface area contributed by atoms with Gasteiger partial charge in [-0.15, -0.1) is 0 Å². The van der Waals surface area contributed by atoms with Gasteiger partial charge >= 0.3 is 29.6 Å². The van der Waals surface area contributed by atoms with E-state index in [1.54, 1.807) is 0 Å². The fourth-order valence-electron chi connectivity index (χ4n) is 4.04. The van der Waals surface area contributed by atoms with Crippen LogP contribution in [0.5, 0.6) is 0 Å². The van der Waals surface area contributed by atoms with E-state index in [4.69, 9.17) is 18.5 Å². The Morgan fingerprint density at radius 3 is 1.03 bits per heavy atom. The maximum Gasteiger partial charge on any atom is 1.00 e. The van der Waals surface area contributed by atoms with E-state index in [1.807, 2.05) is 0 Å². The van der Waals surface area contributed by atoms with Crippen molar-refractivity contribution in [3.8, 4) is 0 Å². The molecule has 0 bridgehead atoms. The van der Waals surface area contributed by atoms with Gasteiger partial charge in [-0.25, -0.2) is 0 Å². The summed E-state index contributed by atoms with van der Waals surface area (Å²) in [6.45, 7) is 6.32. The number of phosphoric ester groups is 1. The summed E-state index contributed by atoms with van der Waals surface area (Å²) in [5.74, 6) is 0. The van der Waals surface area contributed by atoms with Gasteiger partial charge in [-0.05, 0) is 12.8 Å². The van der Waals surface area contributed by atoms with E-state index in [-0.39, 0.29) is 56.0 Å². The van der Waals surface area contributed by atoms with E-state index < -0.39 is 7.82 Å². The summed E-state index contributed by atoms with van der Waals surface area (Å²) < 4.78 is 32.3. The molecule has 6 nitrogen and oxygen atoms in total. The van der Waals surface area contributed by atoms with E-state index in [9.17, 15) is 9.46 Å². The molecule has 0 atom stereocenters. The Bertz CT molecular complexity index is 420. The quantitative estimate of drug-likeness (QED) is 0.0688. The molecule has 0 spiro atoms. The Balaban J connectivity index is 0. The van der Waals surface area contributed by atoms with Gasteiger partial charge < -0.3 is 23.4 Å². The van der Waals surface area contributed by atoms with Gasteiger partial charge in [0.05, 0.1) is 26.4 Å². The summed E-state index contributed by atoms with van der Waals surface area (Å²) in [6, 6.07) is 0. The van der Waals surface area contributed by atoms with Crippen LogP contribution in [0, 0.1) is 0 Å². The van der Waals surface area contributed by atoms with Crippen molar-refractivity contribution in [2.75, 3.05) is 39.6 Å². The number of ether oxygens (including phenoxy) is 2. The third kappa shape index (κ3) is 33.1. The zero-order chi connectivity index (χ0) is 25.7. The molecule has 0 aromatic carbocycles. The van der Waals surface area contributed by atoms with Gasteiger partial charge in [0.2, 0.25) is 0 Å². The second kappa shape index (κ2) is 32.2. The van der Waals surface area contributed by atoms with Crippen LogP contribution < -0.4 is 34.5 Å². The largest absolute Gasteiger partial charge is 1.00 e. The van der Waals surface area contributed by atoms with Crippen LogP contribution >= 0.6 is 7.82 Å². The van der Waals surface area contributed by atoms with Crippen LogP contribution in [-0.4, -0.2) is 39.6 Å². The summed E-state index contributed by atoms with van der Waals surface area (Å²) in [5.41, 5.74) is 0. The number of hydrogen-bond acceptors (Lipinski definition) is 6. The molecule has 0 aromatic rings. The van der Waals surface area contributed by atoms with Crippen LogP contribution in [0.15, 0.2) is 0 Å². The SMILES string of the molecule is CCCCCCCCCCCCOCCOP(=O)([O-])OCCOCCCCCCCCCCCC.[Na+]. The first kappa shape index (κ1) is 39.2. The summed E-state index contributed by atoms with van der Waals surface area (Å²) in [4.78, 5) is 11.7. The zero-order valence-corrected chi connectivity index (χ0v) is 27.2. The van der Waals surface area contributed by atoms with Crippen LogP contribution in [0.4, 0.5) is 0 Å². The molecule has 0 aliphatic heterocycles. The third-order valence-corrected chi connectivity index (χ3v) is 7.24. The first-order chi connectivity index (χ1) is 17.1. The van der Waals surface area contributed by atoms with Gasteiger partial charge in [-0.1, -0.05) is 129 Å². The minimum absolute atomic E-state index is 0. The summed E-state index contributed by atoms with van der Waals surface area (Å²) in [7, 11) is -4.27. The molecule has 0 aliphatic carbocycles. The van der Waals surface area contributed by atoms with Crippen LogP contribution in [0.1, 0.15) is 142 Å². The zero-order valence-electron chi connectivity index (χ0n) is 24.3. The van der Waals surface area contributed by atoms with Crippen molar-refractivity contribution in [3.05, 3.63) is 0 Å². The molecule has 0 radical (unpaired) electrons. The van der Waals surface area contributed by atoms with E-state index in [1.165, 1.54) is 103 Å². The van der Waals surface area contributed by atoms with E-state index in [0.717, 1.165) is 25.7 Å². The standard InChI is InChI=1S/C28H59O6P.Na/c1-3-5-7-9-11-13-15-17-19-21-23-31-25-27-33-35(29,30)34-28-26-32-24-22-20-18-16-14-12-10-8-6-4-2;/h3-28H2,1-2H3,(H,29,30);/q;+1/p-1. The number of rotatable bonds is 30. The molecule has 0 unspecified atom stereocenters. The second-order valence-electron chi connectivity index (χ2n) is 9.70. The summed E-state index contributed by atoms with van der Waals surface area (Å²) in [5, 5.41) is 0. The normalized spacial score (nSPS) is 11.6. The van der Waals surface area contributed by atoms with Crippen molar-refractivity contribution >= 4 is 7.82 Å². The first-order valence-corrected chi connectivity index (χ1v) is 16.3. The van der Waals surface area contributed by atoms with Gasteiger partial charge in [-0.2, -0.15) is 0 Å². The second-order valence-corrected chi connectivity index (χ2v) is 11.1. The monoisotopic (exact) mass is 544 g/mol. The van der Waals surface area contributed by atoms with Crippen LogP contribution in [0.25, 0.3) is 0 Å². The minimum Gasteiger partial charge on any atom is -0.756 e. The predicted octanol–water partition coefficient (Wildman–Crippen LogP) is 5.37. The molecule has 36 heavy (non-hydrogen) atoms. The summed E-state index contributed by atoms with van der Waals surface area (Å²) >= 11 is 0. The molecule has 0 fully saturated rings. The molecular weight excluding hydrogens is 486 g/mol. The van der Waals surface area contributed by atoms with Crippen molar-refractivity contribution in [1.82, 2.24) is 0 Å². The third-order valence-electron chi connectivity index (χ3n) is 6.24. The molecule has 0 aliphatic rings. The molecule has 0 saturated heterocycles. The maximum absolute atomic E-state index is 11.7. The molecule has 0 saturated carbocycles. The van der Waals surface area contributed by atoms with Gasteiger partial charge in [0, 0.05) is 13.2 Å². The van der Waals surface area contributed by atoms with Crippen molar-refractivity contribution in [1.29, 1.82) is 0 Å². The molecule has 8 heteroatoms. The fourth-order valence-corrected chi connectivity index (χ4v) is 4.71. The Kier molecular flexibility index (Phi) is 35.1. The molecule has 0 amide bonds. The van der Waals surface area contributed by atoms with Crippen molar-refractivity contribution in [2.24, 2.45) is 0 Å². The average Bonchev–Trinajstić information content (AvgIpc) is 2.84. The Labute approximate surface area is 246 Å². The molecular formula is C28H58NaO6P. The van der Waals surface area contributed by atoms with Crippen molar-refractivity contribution in [3.63, 3.8) is 0 Å². The number of hydrogen-bond donors (Lipinski definition) is 0. The maximum atomic E-state index is 11.7. The van der Waals surface area contributed by atoms with Crippen LogP contribution in [-0.2, 0) is 23.1 Å². The van der Waals surface area contributed by atoms with E-state index in [2.05, 4.69) is 13.8 Å². The number of phosphoric acid groups is 1. The van der Waals surface area contributed by atoms with Crippen molar-refractivity contribution in [2.45, 2.75) is 142 Å². The molecule has 0 N–H and O–H groups in total. The molecule has 212 valence electrons. The topological polar surface area (TPSA) is 77.1 Å². The molecule has 0 heterocycles.